The van der Waals surface area contributed by atoms with Crippen molar-refractivity contribution in [1.29, 1.82) is 0 Å². The molecule has 21 heavy (non-hydrogen) atoms. The van der Waals surface area contributed by atoms with Crippen LogP contribution in [0.2, 0.25) is 0 Å². The number of piperazine rings is 1. The Morgan fingerprint density at radius 2 is 1.95 bits per heavy atom. The molecule has 2 unspecified atom stereocenters. The van der Waals surface area contributed by atoms with E-state index in [0.29, 0.717) is 13.1 Å². The third-order valence-corrected chi connectivity index (χ3v) is 3.81. The van der Waals surface area contributed by atoms with E-state index < -0.39 is 29.6 Å². The predicted octanol–water partition coefficient (Wildman–Crippen LogP) is 2.11. The van der Waals surface area contributed by atoms with Gasteiger partial charge in [-0.2, -0.15) is 0 Å². The first kappa shape index (κ1) is 16.0. The lowest BCUT2D eigenvalue weighted by Crippen LogP contribution is -2.58. The third-order valence-electron chi connectivity index (χ3n) is 3.81. The van der Waals surface area contributed by atoms with E-state index in [-0.39, 0.29) is 18.7 Å². The molecule has 1 saturated carbocycles. The van der Waals surface area contributed by atoms with Gasteiger partial charge in [0, 0.05) is 32.5 Å². The number of ether oxygens (including phenoxy) is 1. The minimum Gasteiger partial charge on any atom is -0.444 e. The van der Waals surface area contributed by atoms with Crippen molar-refractivity contribution in [3.8, 4) is 0 Å². The first-order valence-electron chi connectivity index (χ1n) is 7.14. The molecular weight excluding hydrogens is 282 g/mol. The summed E-state index contributed by atoms with van der Waals surface area (Å²) in [5.41, 5.74) is -0.683. The van der Waals surface area contributed by atoms with Crippen molar-refractivity contribution in [3.63, 3.8) is 0 Å². The van der Waals surface area contributed by atoms with Crippen LogP contribution in [-0.2, 0) is 9.53 Å². The van der Waals surface area contributed by atoms with Gasteiger partial charge in [0.25, 0.3) is 5.92 Å². The molecule has 1 aliphatic carbocycles. The van der Waals surface area contributed by atoms with E-state index in [9.17, 15) is 18.4 Å². The average molecular weight is 304 g/mol. The number of likely N-dealkylation sites (N-methyl/N-ethyl adjacent to an activating group) is 1. The summed E-state index contributed by atoms with van der Waals surface area (Å²) < 4.78 is 31.5. The molecule has 0 aromatic heterocycles. The smallest absolute Gasteiger partial charge is 0.411 e. The number of hydrogen-bond acceptors (Lipinski definition) is 3. The van der Waals surface area contributed by atoms with Crippen molar-refractivity contribution in [2.75, 3.05) is 20.1 Å². The van der Waals surface area contributed by atoms with Crippen LogP contribution in [0.5, 0.6) is 0 Å². The summed E-state index contributed by atoms with van der Waals surface area (Å²) in [5.74, 6) is -3.81. The highest BCUT2D eigenvalue weighted by Gasteiger charge is 2.58. The molecule has 1 aliphatic heterocycles. The molecule has 0 bridgehead atoms. The quantitative estimate of drug-likeness (QED) is 0.785. The van der Waals surface area contributed by atoms with Crippen LogP contribution in [0.3, 0.4) is 0 Å². The Morgan fingerprint density at radius 3 is 2.43 bits per heavy atom. The third kappa shape index (κ3) is 3.63. The van der Waals surface area contributed by atoms with Crippen molar-refractivity contribution in [2.45, 2.75) is 51.2 Å². The molecule has 0 radical (unpaired) electrons. The Balaban J connectivity index is 2.09. The zero-order valence-corrected chi connectivity index (χ0v) is 12.9. The lowest BCUT2D eigenvalue weighted by atomic mass is 10.0. The number of nitrogens with zero attached hydrogens (tertiary/aromatic N) is 2. The highest BCUT2D eigenvalue weighted by Crippen LogP contribution is 2.51. The monoisotopic (exact) mass is 304 g/mol. The molecule has 120 valence electrons. The van der Waals surface area contributed by atoms with E-state index >= 15 is 0 Å². The van der Waals surface area contributed by atoms with Gasteiger partial charge in [-0.3, -0.25) is 9.69 Å². The molecular formula is C14H22F2N2O3. The Kier molecular flexibility index (Phi) is 3.88. The largest absolute Gasteiger partial charge is 0.444 e. The van der Waals surface area contributed by atoms with Gasteiger partial charge in [-0.05, 0) is 27.2 Å². The lowest BCUT2D eigenvalue weighted by molar-refractivity contribution is -0.140. The highest BCUT2D eigenvalue weighted by molar-refractivity contribution is 5.86. The normalized spacial score (nSPS) is 28.6. The number of rotatable bonds is 2. The van der Waals surface area contributed by atoms with Crippen molar-refractivity contribution >= 4 is 12.0 Å². The maximum Gasteiger partial charge on any atom is 0.411 e. The van der Waals surface area contributed by atoms with E-state index in [4.69, 9.17) is 4.74 Å². The maximum absolute atomic E-state index is 13.1. The van der Waals surface area contributed by atoms with Gasteiger partial charge in [-0.15, -0.1) is 0 Å². The summed E-state index contributed by atoms with van der Waals surface area (Å²) >= 11 is 0. The number of halogens is 2. The van der Waals surface area contributed by atoms with Gasteiger partial charge in [-0.25, -0.2) is 13.6 Å². The minimum atomic E-state index is -2.70. The van der Waals surface area contributed by atoms with E-state index in [2.05, 4.69) is 0 Å². The van der Waals surface area contributed by atoms with E-state index in [1.54, 1.807) is 27.8 Å². The maximum atomic E-state index is 13.1. The first-order valence-corrected chi connectivity index (χ1v) is 7.14. The summed E-state index contributed by atoms with van der Waals surface area (Å²) in [4.78, 5) is 27.2. The summed E-state index contributed by atoms with van der Waals surface area (Å²) in [6.07, 6.45) is -0.823. The van der Waals surface area contributed by atoms with Gasteiger partial charge in [0.15, 0.2) is 0 Å². The Morgan fingerprint density at radius 1 is 1.38 bits per heavy atom. The van der Waals surface area contributed by atoms with Crippen molar-refractivity contribution in [1.82, 2.24) is 9.80 Å². The summed E-state index contributed by atoms with van der Waals surface area (Å²) in [6, 6.07) is -0.850. The molecule has 5 nitrogen and oxygen atoms in total. The number of amides is 2. The molecule has 7 heteroatoms. The van der Waals surface area contributed by atoms with Crippen LogP contribution in [-0.4, -0.2) is 59.5 Å². The molecule has 2 amide bonds. The van der Waals surface area contributed by atoms with E-state index in [0.717, 1.165) is 0 Å². The van der Waals surface area contributed by atoms with Crippen LogP contribution in [0, 0.1) is 5.92 Å². The Hall–Kier alpha value is -1.40. The van der Waals surface area contributed by atoms with Crippen LogP contribution in [0.15, 0.2) is 0 Å². The molecule has 0 aromatic rings. The van der Waals surface area contributed by atoms with Gasteiger partial charge < -0.3 is 9.64 Å². The molecule has 0 N–H and O–H groups in total. The van der Waals surface area contributed by atoms with Crippen LogP contribution < -0.4 is 0 Å². The number of hydrogen-bond donors (Lipinski definition) is 0. The van der Waals surface area contributed by atoms with Crippen LogP contribution in [0.25, 0.3) is 0 Å². The summed E-state index contributed by atoms with van der Waals surface area (Å²) in [6.45, 7) is 5.88. The molecule has 0 aromatic carbocycles. The van der Waals surface area contributed by atoms with Crippen molar-refractivity contribution < 1.29 is 23.1 Å². The van der Waals surface area contributed by atoms with E-state index in [1.165, 1.54) is 9.80 Å². The molecule has 2 atom stereocenters. The second-order valence-electron chi connectivity index (χ2n) is 6.85. The molecule has 1 heterocycles. The molecule has 2 rings (SSSR count). The summed E-state index contributed by atoms with van der Waals surface area (Å²) in [5, 5.41) is 0. The van der Waals surface area contributed by atoms with Gasteiger partial charge in [0.2, 0.25) is 5.91 Å². The second kappa shape index (κ2) is 5.10. The SMILES string of the molecule is CN1CCN(C(=O)OC(C)(C)C)C(CC2CC2(F)F)C1=O. The predicted molar refractivity (Wildman–Crippen MR) is 72.0 cm³/mol. The van der Waals surface area contributed by atoms with Gasteiger partial charge >= 0.3 is 6.09 Å². The summed E-state index contributed by atoms with van der Waals surface area (Å²) in [7, 11) is 1.62. The number of carbonyl (C=O) groups is 2. The Labute approximate surface area is 123 Å². The van der Waals surface area contributed by atoms with Crippen LogP contribution >= 0.6 is 0 Å². The minimum absolute atomic E-state index is 0.00455. The second-order valence-corrected chi connectivity index (χ2v) is 6.85. The fourth-order valence-electron chi connectivity index (χ4n) is 2.47. The standard InChI is InChI=1S/C14H22F2N2O3/c1-13(2,3)21-12(20)18-6-5-17(4)11(19)10(18)7-9-8-14(9,15)16/h9-10H,5-8H2,1-4H3. The van der Waals surface area contributed by atoms with Gasteiger partial charge in [0.1, 0.15) is 11.6 Å². The number of alkyl halides is 2. The van der Waals surface area contributed by atoms with Gasteiger partial charge in [0.05, 0.1) is 0 Å². The fraction of sp³-hybridized carbons (Fsp3) is 0.857. The number of carbonyl (C=O) groups excluding carboxylic acids is 2. The highest BCUT2D eigenvalue weighted by atomic mass is 19.3. The average Bonchev–Trinajstić information content (AvgIpc) is 2.90. The zero-order valence-electron chi connectivity index (χ0n) is 12.9. The van der Waals surface area contributed by atoms with Crippen molar-refractivity contribution in [2.24, 2.45) is 5.92 Å². The van der Waals surface area contributed by atoms with Crippen LogP contribution in [0.1, 0.15) is 33.6 Å². The molecule has 1 saturated heterocycles. The molecule has 2 fully saturated rings. The van der Waals surface area contributed by atoms with Crippen LogP contribution in [0.4, 0.5) is 13.6 Å². The molecule has 0 spiro atoms. The first-order chi connectivity index (χ1) is 9.51. The van der Waals surface area contributed by atoms with Crippen molar-refractivity contribution in [3.05, 3.63) is 0 Å². The molecule has 2 aliphatic rings. The fourth-order valence-corrected chi connectivity index (χ4v) is 2.47. The van der Waals surface area contributed by atoms with E-state index in [1.807, 2.05) is 0 Å². The zero-order chi connectivity index (χ0) is 16.0. The Bertz CT molecular complexity index is 448. The van der Waals surface area contributed by atoms with Gasteiger partial charge in [-0.1, -0.05) is 0 Å². The lowest BCUT2D eigenvalue weighted by Gasteiger charge is -2.39. The topological polar surface area (TPSA) is 49.9 Å².